The average Bonchev–Trinajstić information content (AvgIpc) is 2.57. The van der Waals surface area contributed by atoms with Crippen molar-refractivity contribution in [2.75, 3.05) is 31.1 Å². The van der Waals surface area contributed by atoms with Gasteiger partial charge in [0.2, 0.25) is 0 Å². The van der Waals surface area contributed by atoms with Crippen LogP contribution >= 0.6 is 0 Å². The molecule has 0 N–H and O–H groups in total. The van der Waals surface area contributed by atoms with Crippen LogP contribution in [0.2, 0.25) is 0 Å². The van der Waals surface area contributed by atoms with E-state index < -0.39 is 0 Å². The average molecular weight is 308 g/mol. The standard InChI is InChI=1S/C19H24N4/c1-15-7-9-18(10-8-15)20-21-23-13-11-22(12-14-23)19-6-4-5-16(2)17(19)3/h4-10H,11-14H2,1-3H3. The molecule has 0 aromatic heterocycles. The monoisotopic (exact) mass is 308 g/mol. The number of hydrogen-bond acceptors (Lipinski definition) is 3. The Kier molecular flexibility index (Phi) is 4.60. The van der Waals surface area contributed by atoms with Crippen molar-refractivity contribution in [1.29, 1.82) is 0 Å². The molecule has 1 fully saturated rings. The van der Waals surface area contributed by atoms with Crippen molar-refractivity contribution in [3.63, 3.8) is 0 Å². The Bertz CT molecular complexity index is 683. The first-order chi connectivity index (χ1) is 11.1. The fourth-order valence-electron chi connectivity index (χ4n) is 2.83. The lowest BCUT2D eigenvalue weighted by Crippen LogP contribution is -2.44. The molecule has 0 atom stereocenters. The van der Waals surface area contributed by atoms with Crippen molar-refractivity contribution < 1.29 is 0 Å². The predicted molar refractivity (Wildman–Crippen MR) is 95.4 cm³/mol. The van der Waals surface area contributed by atoms with Crippen LogP contribution in [0.3, 0.4) is 0 Å². The van der Waals surface area contributed by atoms with Crippen molar-refractivity contribution in [2.24, 2.45) is 10.3 Å². The summed E-state index contributed by atoms with van der Waals surface area (Å²) in [5.41, 5.74) is 6.23. The maximum absolute atomic E-state index is 4.38. The molecular formula is C19H24N4. The molecule has 1 saturated heterocycles. The zero-order valence-corrected chi connectivity index (χ0v) is 14.2. The van der Waals surface area contributed by atoms with Crippen LogP contribution in [-0.2, 0) is 0 Å². The highest BCUT2D eigenvalue weighted by molar-refractivity contribution is 5.56. The third-order valence-electron chi connectivity index (χ3n) is 4.49. The number of nitrogens with zero attached hydrogens (tertiary/aromatic N) is 4. The highest BCUT2D eigenvalue weighted by Gasteiger charge is 2.17. The lowest BCUT2D eigenvalue weighted by atomic mass is 10.1. The van der Waals surface area contributed by atoms with E-state index in [-0.39, 0.29) is 0 Å². The van der Waals surface area contributed by atoms with Gasteiger partial charge in [-0.3, -0.25) is 5.01 Å². The van der Waals surface area contributed by atoms with Crippen molar-refractivity contribution >= 4 is 11.4 Å². The summed E-state index contributed by atoms with van der Waals surface area (Å²) in [5.74, 6) is 0. The maximum atomic E-state index is 4.38. The molecule has 2 aromatic carbocycles. The molecule has 4 heteroatoms. The Morgan fingerprint density at radius 3 is 2.22 bits per heavy atom. The molecule has 1 aliphatic rings. The lowest BCUT2D eigenvalue weighted by molar-refractivity contribution is 0.254. The maximum Gasteiger partial charge on any atom is 0.0874 e. The van der Waals surface area contributed by atoms with Gasteiger partial charge in [0.15, 0.2) is 0 Å². The summed E-state index contributed by atoms with van der Waals surface area (Å²) in [6.07, 6.45) is 0. The summed E-state index contributed by atoms with van der Waals surface area (Å²) in [5, 5.41) is 10.8. The van der Waals surface area contributed by atoms with E-state index >= 15 is 0 Å². The van der Waals surface area contributed by atoms with E-state index in [9.17, 15) is 0 Å². The molecule has 0 bridgehead atoms. The second-order valence-electron chi connectivity index (χ2n) is 6.18. The van der Waals surface area contributed by atoms with Crippen LogP contribution in [0.15, 0.2) is 52.8 Å². The summed E-state index contributed by atoms with van der Waals surface area (Å²) in [6, 6.07) is 14.7. The molecule has 0 aliphatic carbocycles. The minimum absolute atomic E-state index is 0.905. The number of hydrogen-bond donors (Lipinski definition) is 0. The summed E-state index contributed by atoms with van der Waals surface area (Å²) in [6.45, 7) is 10.2. The van der Waals surface area contributed by atoms with Crippen LogP contribution in [0, 0.1) is 20.8 Å². The Morgan fingerprint density at radius 1 is 0.826 bits per heavy atom. The van der Waals surface area contributed by atoms with Gasteiger partial charge in [0.1, 0.15) is 0 Å². The summed E-state index contributed by atoms with van der Waals surface area (Å²) < 4.78 is 0. The third-order valence-corrected chi connectivity index (χ3v) is 4.49. The van der Waals surface area contributed by atoms with Crippen LogP contribution in [0.4, 0.5) is 11.4 Å². The Labute approximate surface area is 138 Å². The van der Waals surface area contributed by atoms with E-state index in [2.05, 4.69) is 71.3 Å². The van der Waals surface area contributed by atoms with Crippen molar-refractivity contribution in [3.05, 3.63) is 59.2 Å². The van der Waals surface area contributed by atoms with E-state index in [4.69, 9.17) is 0 Å². The Balaban J connectivity index is 1.60. The molecular weight excluding hydrogens is 284 g/mol. The summed E-state index contributed by atoms with van der Waals surface area (Å²) in [7, 11) is 0. The Hall–Kier alpha value is -2.36. The van der Waals surface area contributed by atoms with Gasteiger partial charge < -0.3 is 4.90 Å². The minimum Gasteiger partial charge on any atom is -0.368 e. The quantitative estimate of drug-likeness (QED) is 0.785. The molecule has 0 spiro atoms. The summed E-state index contributed by atoms with van der Waals surface area (Å²) in [4.78, 5) is 2.44. The van der Waals surface area contributed by atoms with Gasteiger partial charge in [-0.2, -0.15) is 0 Å². The molecule has 4 nitrogen and oxygen atoms in total. The molecule has 0 radical (unpaired) electrons. The fraction of sp³-hybridized carbons (Fsp3) is 0.368. The second kappa shape index (κ2) is 6.82. The molecule has 2 aromatic rings. The highest BCUT2D eigenvalue weighted by atomic mass is 15.6. The smallest absolute Gasteiger partial charge is 0.0874 e. The first-order valence-electron chi connectivity index (χ1n) is 8.18. The SMILES string of the molecule is Cc1ccc(N=NN2CCN(c3cccc(C)c3C)CC2)cc1. The van der Waals surface area contributed by atoms with Gasteiger partial charge in [-0.1, -0.05) is 35.1 Å². The summed E-state index contributed by atoms with van der Waals surface area (Å²) >= 11 is 0. The number of rotatable bonds is 3. The number of piperazine rings is 1. The topological polar surface area (TPSA) is 31.2 Å². The molecule has 0 amide bonds. The van der Waals surface area contributed by atoms with Crippen molar-refractivity contribution in [2.45, 2.75) is 20.8 Å². The van der Waals surface area contributed by atoms with Gasteiger partial charge in [-0.25, -0.2) is 0 Å². The zero-order valence-electron chi connectivity index (χ0n) is 14.2. The fourth-order valence-corrected chi connectivity index (χ4v) is 2.83. The normalized spacial score (nSPS) is 15.4. The first-order valence-corrected chi connectivity index (χ1v) is 8.18. The van der Waals surface area contributed by atoms with Gasteiger partial charge in [0.05, 0.1) is 18.8 Å². The second-order valence-corrected chi connectivity index (χ2v) is 6.18. The van der Waals surface area contributed by atoms with Gasteiger partial charge in [0, 0.05) is 18.8 Å². The Morgan fingerprint density at radius 2 is 1.52 bits per heavy atom. The van der Waals surface area contributed by atoms with Crippen LogP contribution in [0.5, 0.6) is 0 Å². The highest BCUT2D eigenvalue weighted by Crippen LogP contribution is 2.24. The lowest BCUT2D eigenvalue weighted by Gasteiger charge is -2.35. The molecule has 1 heterocycles. The number of anilines is 1. The number of aryl methyl sites for hydroxylation is 2. The molecule has 3 rings (SSSR count). The van der Waals surface area contributed by atoms with E-state index in [1.54, 1.807) is 0 Å². The van der Waals surface area contributed by atoms with Gasteiger partial charge in [-0.05, 0) is 50.1 Å². The van der Waals surface area contributed by atoms with E-state index in [1.165, 1.54) is 22.4 Å². The minimum atomic E-state index is 0.905. The molecule has 0 saturated carbocycles. The largest absolute Gasteiger partial charge is 0.368 e. The van der Waals surface area contributed by atoms with E-state index in [1.807, 2.05) is 12.1 Å². The number of benzene rings is 2. The molecule has 1 aliphatic heterocycles. The van der Waals surface area contributed by atoms with Crippen LogP contribution in [-0.4, -0.2) is 31.2 Å². The van der Waals surface area contributed by atoms with Gasteiger partial charge in [-0.15, -0.1) is 5.11 Å². The predicted octanol–water partition coefficient (Wildman–Crippen LogP) is 4.43. The van der Waals surface area contributed by atoms with Crippen molar-refractivity contribution in [3.8, 4) is 0 Å². The zero-order chi connectivity index (χ0) is 16.2. The van der Waals surface area contributed by atoms with Gasteiger partial charge in [0.25, 0.3) is 0 Å². The van der Waals surface area contributed by atoms with Crippen LogP contribution in [0.1, 0.15) is 16.7 Å². The van der Waals surface area contributed by atoms with Crippen LogP contribution in [0.25, 0.3) is 0 Å². The molecule has 0 unspecified atom stereocenters. The molecule has 120 valence electrons. The first kappa shape index (κ1) is 15.5. The van der Waals surface area contributed by atoms with E-state index in [0.717, 1.165) is 31.9 Å². The van der Waals surface area contributed by atoms with E-state index in [0.29, 0.717) is 0 Å². The van der Waals surface area contributed by atoms with Crippen molar-refractivity contribution in [1.82, 2.24) is 5.01 Å². The molecule has 23 heavy (non-hydrogen) atoms. The third kappa shape index (κ3) is 3.70. The van der Waals surface area contributed by atoms with Gasteiger partial charge >= 0.3 is 0 Å². The van der Waals surface area contributed by atoms with Crippen LogP contribution < -0.4 is 4.90 Å².